The number of aromatic hydroxyl groups is 1. The van der Waals surface area contributed by atoms with Crippen LogP contribution in [0.1, 0.15) is 31.0 Å². The Morgan fingerprint density at radius 2 is 1.97 bits per heavy atom. The van der Waals surface area contributed by atoms with E-state index in [1.54, 1.807) is 68.5 Å². The SMILES string of the molecule is CCOC(=O)C1=C(C)N=c2s/c(=C\c3ccccc3O)c(=O)n2[C@@H]1c1ccc(Cl)cc1. The molecule has 0 radical (unpaired) electrons. The first-order chi connectivity index (χ1) is 14.9. The predicted molar refractivity (Wildman–Crippen MR) is 120 cm³/mol. The lowest BCUT2D eigenvalue weighted by Gasteiger charge is -2.24. The zero-order valence-corrected chi connectivity index (χ0v) is 18.4. The fourth-order valence-corrected chi connectivity index (χ4v) is 4.67. The molecule has 31 heavy (non-hydrogen) atoms. The molecule has 6 nitrogen and oxygen atoms in total. The number of hydrogen-bond acceptors (Lipinski definition) is 6. The van der Waals surface area contributed by atoms with Gasteiger partial charge in [-0.3, -0.25) is 9.36 Å². The molecule has 0 spiro atoms. The Bertz CT molecular complexity index is 1370. The molecule has 2 heterocycles. The lowest BCUT2D eigenvalue weighted by Crippen LogP contribution is -2.39. The predicted octanol–water partition coefficient (Wildman–Crippen LogP) is 3.16. The zero-order valence-electron chi connectivity index (χ0n) is 16.8. The molecule has 0 fully saturated rings. The van der Waals surface area contributed by atoms with Crippen molar-refractivity contribution in [2.75, 3.05) is 6.61 Å². The van der Waals surface area contributed by atoms with Crippen LogP contribution in [0.25, 0.3) is 6.08 Å². The summed E-state index contributed by atoms with van der Waals surface area (Å²) in [5.41, 5.74) is 1.75. The monoisotopic (exact) mass is 454 g/mol. The molecule has 3 aromatic rings. The Labute approximate surface area is 187 Å². The first-order valence-electron chi connectivity index (χ1n) is 9.64. The molecule has 0 unspecified atom stereocenters. The maximum atomic E-state index is 13.4. The van der Waals surface area contributed by atoms with Crippen LogP contribution in [0.2, 0.25) is 5.02 Å². The Morgan fingerprint density at radius 1 is 1.26 bits per heavy atom. The molecule has 1 aliphatic rings. The van der Waals surface area contributed by atoms with Crippen molar-refractivity contribution in [3.8, 4) is 5.75 Å². The van der Waals surface area contributed by atoms with Crippen molar-refractivity contribution in [2.24, 2.45) is 4.99 Å². The molecule has 0 bridgehead atoms. The summed E-state index contributed by atoms with van der Waals surface area (Å²) in [5, 5.41) is 10.6. The average Bonchev–Trinajstić information content (AvgIpc) is 3.04. The van der Waals surface area contributed by atoms with Crippen molar-refractivity contribution in [1.82, 2.24) is 4.57 Å². The van der Waals surface area contributed by atoms with E-state index in [0.29, 0.717) is 31.2 Å². The lowest BCUT2D eigenvalue weighted by molar-refractivity contribution is -0.139. The number of nitrogens with zero attached hydrogens (tertiary/aromatic N) is 2. The van der Waals surface area contributed by atoms with Gasteiger partial charge in [-0.05, 0) is 43.7 Å². The third kappa shape index (κ3) is 3.94. The number of benzene rings is 2. The van der Waals surface area contributed by atoms with Crippen LogP contribution in [0, 0.1) is 0 Å². The molecule has 0 aliphatic carbocycles. The van der Waals surface area contributed by atoms with Crippen LogP contribution in [0.5, 0.6) is 5.75 Å². The number of thiazole rings is 1. The van der Waals surface area contributed by atoms with E-state index in [-0.39, 0.29) is 17.9 Å². The number of esters is 1. The van der Waals surface area contributed by atoms with E-state index >= 15 is 0 Å². The first kappa shape index (κ1) is 21.1. The molecule has 0 saturated heterocycles. The van der Waals surface area contributed by atoms with Gasteiger partial charge in [0.15, 0.2) is 4.80 Å². The van der Waals surface area contributed by atoms with E-state index in [4.69, 9.17) is 16.3 Å². The van der Waals surface area contributed by atoms with Gasteiger partial charge in [-0.2, -0.15) is 0 Å². The van der Waals surface area contributed by atoms with Gasteiger partial charge in [0.05, 0.1) is 28.5 Å². The van der Waals surface area contributed by atoms with Crippen LogP contribution in [-0.4, -0.2) is 22.2 Å². The third-order valence-electron chi connectivity index (χ3n) is 4.93. The molecule has 0 saturated carbocycles. The van der Waals surface area contributed by atoms with Crippen LogP contribution < -0.4 is 14.9 Å². The number of halogens is 1. The number of carbonyl (C=O) groups is 1. The van der Waals surface area contributed by atoms with Gasteiger partial charge in [0.1, 0.15) is 5.75 Å². The topological polar surface area (TPSA) is 80.9 Å². The average molecular weight is 455 g/mol. The second-order valence-electron chi connectivity index (χ2n) is 6.91. The summed E-state index contributed by atoms with van der Waals surface area (Å²) >= 11 is 7.25. The normalized spacial score (nSPS) is 16.1. The van der Waals surface area contributed by atoms with Crippen LogP contribution in [0.15, 0.2) is 69.6 Å². The number of carbonyl (C=O) groups excluding carboxylic acids is 1. The Kier molecular flexibility index (Phi) is 5.80. The van der Waals surface area contributed by atoms with Crippen molar-refractivity contribution in [1.29, 1.82) is 0 Å². The molecular weight excluding hydrogens is 436 g/mol. The minimum absolute atomic E-state index is 0.0750. The van der Waals surface area contributed by atoms with Crippen LogP contribution in [0.4, 0.5) is 0 Å². The summed E-state index contributed by atoms with van der Waals surface area (Å²) in [6, 6.07) is 13.1. The molecule has 158 valence electrons. The minimum Gasteiger partial charge on any atom is -0.507 e. The number of ether oxygens (including phenoxy) is 1. The Morgan fingerprint density at radius 3 is 2.65 bits per heavy atom. The van der Waals surface area contributed by atoms with Gasteiger partial charge in [0, 0.05) is 10.6 Å². The maximum absolute atomic E-state index is 13.4. The summed E-state index contributed by atoms with van der Waals surface area (Å²) in [6.45, 7) is 3.67. The number of rotatable bonds is 4. The molecule has 1 atom stereocenters. The number of allylic oxidation sites excluding steroid dienone is 1. The summed E-state index contributed by atoms with van der Waals surface area (Å²) in [6.07, 6.45) is 1.63. The molecule has 2 aromatic carbocycles. The van der Waals surface area contributed by atoms with Gasteiger partial charge in [0.2, 0.25) is 0 Å². The highest BCUT2D eigenvalue weighted by atomic mass is 35.5. The second kappa shape index (κ2) is 8.53. The van der Waals surface area contributed by atoms with E-state index in [2.05, 4.69) is 4.99 Å². The number of hydrogen-bond donors (Lipinski definition) is 1. The number of para-hydroxylation sites is 1. The van der Waals surface area contributed by atoms with E-state index in [0.717, 1.165) is 5.56 Å². The Balaban J connectivity index is 1.97. The van der Waals surface area contributed by atoms with Crippen LogP contribution in [0.3, 0.4) is 0 Å². The van der Waals surface area contributed by atoms with E-state index in [9.17, 15) is 14.7 Å². The van der Waals surface area contributed by atoms with Crippen molar-refractivity contribution in [3.63, 3.8) is 0 Å². The van der Waals surface area contributed by atoms with Crippen molar-refractivity contribution in [2.45, 2.75) is 19.9 Å². The van der Waals surface area contributed by atoms with Crippen molar-refractivity contribution >= 4 is 35.0 Å². The molecule has 4 rings (SSSR count). The molecule has 0 amide bonds. The Hall–Kier alpha value is -3.16. The number of phenolic OH excluding ortho intramolecular Hbond substituents is 1. The number of aromatic nitrogens is 1. The largest absolute Gasteiger partial charge is 0.507 e. The second-order valence-corrected chi connectivity index (χ2v) is 8.36. The summed E-state index contributed by atoms with van der Waals surface area (Å²) < 4.78 is 7.16. The zero-order chi connectivity index (χ0) is 22.1. The number of phenols is 1. The highest BCUT2D eigenvalue weighted by Gasteiger charge is 2.33. The molecule has 1 aliphatic heterocycles. The quantitative estimate of drug-likeness (QED) is 0.614. The molecule has 1 aromatic heterocycles. The highest BCUT2D eigenvalue weighted by molar-refractivity contribution is 7.07. The summed E-state index contributed by atoms with van der Waals surface area (Å²) in [4.78, 5) is 31.2. The van der Waals surface area contributed by atoms with E-state index < -0.39 is 12.0 Å². The first-order valence-corrected chi connectivity index (χ1v) is 10.8. The fourth-order valence-electron chi connectivity index (χ4n) is 3.50. The maximum Gasteiger partial charge on any atom is 0.338 e. The minimum atomic E-state index is -0.695. The van der Waals surface area contributed by atoms with Gasteiger partial charge in [-0.25, -0.2) is 9.79 Å². The van der Waals surface area contributed by atoms with Crippen molar-refractivity contribution in [3.05, 3.63) is 95.6 Å². The van der Waals surface area contributed by atoms with Crippen LogP contribution >= 0.6 is 22.9 Å². The van der Waals surface area contributed by atoms with Gasteiger partial charge in [0.25, 0.3) is 5.56 Å². The van der Waals surface area contributed by atoms with Gasteiger partial charge in [-0.15, -0.1) is 0 Å². The third-order valence-corrected chi connectivity index (χ3v) is 6.16. The molecule has 8 heteroatoms. The van der Waals surface area contributed by atoms with Crippen molar-refractivity contribution < 1.29 is 14.6 Å². The highest BCUT2D eigenvalue weighted by Crippen LogP contribution is 2.31. The fraction of sp³-hybridized carbons (Fsp3) is 0.174. The lowest BCUT2D eigenvalue weighted by atomic mass is 9.96. The van der Waals surface area contributed by atoms with E-state index in [1.165, 1.54) is 15.9 Å². The molecular formula is C23H19ClN2O4S. The number of fused-ring (bicyclic) bond motifs is 1. The molecule has 1 N–H and O–H groups in total. The van der Waals surface area contributed by atoms with Gasteiger partial charge >= 0.3 is 5.97 Å². The van der Waals surface area contributed by atoms with Gasteiger partial charge in [-0.1, -0.05) is 53.3 Å². The van der Waals surface area contributed by atoms with Gasteiger partial charge < -0.3 is 9.84 Å². The van der Waals surface area contributed by atoms with Crippen LogP contribution in [-0.2, 0) is 9.53 Å². The standard InChI is InChI=1S/C23H19ClN2O4S/c1-3-30-22(29)19-13(2)25-23-26(20(19)14-8-10-16(24)11-9-14)21(28)18(31-23)12-15-6-4-5-7-17(15)27/h4-12,20,27H,3H2,1-2H3/b18-12-/t20-/m1/s1. The summed E-state index contributed by atoms with van der Waals surface area (Å²) in [5.74, 6) is -0.440. The van der Waals surface area contributed by atoms with E-state index in [1.807, 2.05) is 0 Å². The smallest absolute Gasteiger partial charge is 0.338 e. The summed E-state index contributed by atoms with van der Waals surface area (Å²) in [7, 11) is 0.